The smallest absolute Gasteiger partial charge is 0.407 e. The minimum absolute atomic E-state index is 0.130. The van der Waals surface area contributed by atoms with Crippen molar-refractivity contribution in [3.63, 3.8) is 0 Å². The molecule has 1 aliphatic carbocycles. The molecule has 496 valence electrons. The van der Waals surface area contributed by atoms with E-state index < -0.39 is 173 Å². The van der Waals surface area contributed by atoms with Gasteiger partial charge in [0.25, 0.3) is 0 Å². The third-order valence-corrected chi connectivity index (χ3v) is 15.6. The molecular formula is C63H75N5O24. The first-order valence-electron chi connectivity index (χ1n) is 29.6. The maximum atomic E-state index is 14.0. The lowest BCUT2D eigenvalue weighted by Crippen LogP contribution is -2.70. The van der Waals surface area contributed by atoms with Crippen LogP contribution >= 0.6 is 0 Å². The van der Waals surface area contributed by atoms with Gasteiger partial charge < -0.3 is 120 Å². The second kappa shape index (κ2) is 33.5. The van der Waals surface area contributed by atoms with E-state index in [4.69, 9.17) is 52.1 Å². The Kier molecular flexibility index (Phi) is 24.8. The van der Waals surface area contributed by atoms with Crippen LogP contribution in [0.2, 0.25) is 0 Å². The Morgan fingerprint density at radius 3 is 1.11 bits per heavy atom. The Bertz CT molecular complexity index is 3100. The largest absolute Gasteiger partial charge is 0.445 e. The van der Waals surface area contributed by atoms with Crippen molar-refractivity contribution in [1.82, 2.24) is 26.6 Å². The average molecular weight is 1290 g/mol. The summed E-state index contributed by atoms with van der Waals surface area (Å²) in [7, 11) is 0. The number of nitrogens with one attached hydrogen (secondary N) is 5. The van der Waals surface area contributed by atoms with E-state index >= 15 is 0 Å². The lowest BCUT2D eigenvalue weighted by atomic mass is 9.83. The lowest BCUT2D eigenvalue weighted by molar-refractivity contribution is -0.314. The van der Waals surface area contributed by atoms with E-state index in [0.29, 0.717) is 27.8 Å². The van der Waals surface area contributed by atoms with Gasteiger partial charge in [-0.25, -0.2) is 24.0 Å². The number of aliphatic hydroxyl groups excluding tert-OH is 8. The molecule has 5 amide bonds. The number of ether oxygens (including phenoxy) is 11. The quantitative estimate of drug-likeness (QED) is 0.0383. The molecule has 19 atom stereocenters. The normalized spacial score (nSPS) is 30.2. The molecule has 5 aromatic carbocycles. The van der Waals surface area contributed by atoms with E-state index in [-0.39, 0.29) is 33.0 Å². The number of aliphatic hydroxyl groups is 8. The molecule has 9 rings (SSSR count). The molecule has 3 heterocycles. The van der Waals surface area contributed by atoms with Gasteiger partial charge in [-0.2, -0.15) is 0 Å². The first-order chi connectivity index (χ1) is 44.5. The van der Waals surface area contributed by atoms with Crippen molar-refractivity contribution in [2.75, 3.05) is 19.8 Å². The van der Waals surface area contributed by atoms with Gasteiger partial charge in [-0.05, 0) is 34.2 Å². The highest BCUT2D eigenvalue weighted by molar-refractivity contribution is 5.70. The summed E-state index contributed by atoms with van der Waals surface area (Å²) in [4.78, 5) is 67.6. The molecule has 0 radical (unpaired) electrons. The van der Waals surface area contributed by atoms with Gasteiger partial charge in [-0.15, -0.1) is 0 Å². The molecule has 4 fully saturated rings. The van der Waals surface area contributed by atoms with E-state index in [1.807, 2.05) is 0 Å². The number of carbonyl (C=O) groups excluding carboxylic acids is 5. The zero-order valence-corrected chi connectivity index (χ0v) is 49.4. The molecule has 19 unspecified atom stereocenters. The lowest BCUT2D eigenvalue weighted by Gasteiger charge is -2.48. The second-order valence-corrected chi connectivity index (χ2v) is 22.0. The van der Waals surface area contributed by atoms with Crippen molar-refractivity contribution < 1.29 is 117 Å². The SMILES string of the molecule is O=C(NCC1OC(OC2C(CO)OC(OC3C(O)C(NC(=O)OCc4ccccc4)CC(NC(=O)OCc4ccccc4)C3OC3OC(CO)C(O)C(O)C3NC(=O)OCc3ccccc3)C2O)C(NC(=O)OCc2ccccc2)C(O)C1O)OCc1ccccc1. The number of hydrogen-bond donors (Lipinski definition) is 13. The highest BCUT2D eigenvalue weighted by atomic mass is 16.8. The monoisotopic (exact) mass is 1290 g/mol. The second-order valence-electron chi connectivity index (χ2n) is 22.0. The van der Waals surface area contributed by atoms with E-state index in [9.17, 15) is 64.8 Å². The van der Waals surface area contributed by atoms with Gasteiger partial charge in [-0.3, -0.25) is 0 Å². The molecule has 0 spiro atoms. The van der Waals surface area contributed by atoms with Gasteiger partial charge in [0.1, 0.15) is 118 Å². The van der Waals surface area contributed by atoms with Gasteiger partial charge in [0.2, 0.25) is 0 Å². The molecule has 92 heavy (non-hydrogen) atoms. The van der Waals surface area contributed by atoms with Gasteiger partial charge in [0, 0.05) is 6.54 Å². The third kappa shape index (κ3) is 18.6. The number of benzene rings is 5. The fourth-order valence-electron chi connectivity index (χ4n) is 10.7. The summed E-state index contributed by atoms with van der Waals surface area (Å²) in [6, 6.07) is 36.4. The summed E-state index contributed by atoms with van der Waals surface area (Å²) in [5.41, 5.74) is 3.00. The minimum Gasteiger partial charge on any atom is -0.445 e. The Hall–Kier alpha value is -8.11. The molecule has 0 aromatic heterocycles. The van der Waals surface area contributed by atoms with E-state index in [2.05, 4.69) is 26.6 Å². The number of carbonyl (C=O) groups is 5. The van der Waals surface area contributed by atoms with Gasteiger partial charge in [0.15, 0.2) is 18.9 Å². The molecule has 3 aliphatic heterocycles. The molecule has 13 N–H and O–H groups in total. The summed E-state index contributed by atoms with van der Waals surface area (Å²) in [6.45, 7) is -3.52. The summed E-state index contributed by atoms with van der Waals surface area (Å²) in [6.07, 6.45) is -33.7. The van der Waals surface area contributed by atoms with E-state index in [1.165, 1.54) is 0 Å². The fraction of sp³-hybridized carbons (Fsp3) is 0.444. The zero-order valence-electron chi connectivity index (χ0n) is 49.4. The number of amides is 5. The molecule has 29 heteroatoms. The van der Waals surface area contributed by atoms with Crippen LogP contribution < -0.4 is 26.6 Å². The Morgan fingerprint density at radius 1 is 0.359 bits per heavy atom. The molecule has 1 saturated carbocycles. The molecule has 5 aromatic rings. The van der Waals surface area contributed by atoms with Crippen molar-refractivity contribution in [2.45, 2.75) is 156 Å². The number of alkyl carbamates (subject to hydrolysis) is 5. The predicted molar refractivity (Wildman–Crippen MR) is 314 cm³/mol. The molecule has 0 bridgehead atoms. The topological polar surface area (TPSA) is 409 Å². The van der Waals surface area contributed by atoms with Crippen LogP contribution in [0.5, 0.6) is 0 Å². The molecule has 4 aliphatic rings. The zero-order chi connectivity index (χ0) is 65.1. The Labute approximate surface area is 527 Å². The third-order valence-electron chi connectivity index (χ3n) is 15.6. The van der Waals surface area contributed by atoms with Crippen LogP contribution in [0, 0.1) is 0 Å². The fourth-order valence-corrected chi connectivity index (χ4v) is 10.7. The summed E-state index contributed by atoms with van der Waals surface area (Å²) < 4.78 is 64.9. The first kappa shape index (κ1) is 68.3. The van der Waals surface area contributed by atoms with Crippen molar-refractivity contribution in [3.05, 3.63) is 179 Å². The van der Waals surface area contributed by atoms with Crippen LogP contribution in [0.25, 0.3) is 0 Å². The van der Waals surface area contributed by atoms with Crippen LogP contribution in [0.15, 0.2) is 152 Å². The van der Waals surface area contributed by atoms with Crippen molar-refractivity contribution in [2.24, 2.45) is 0 Å². The van der Waals surface area contributed by atoms with Crippen molar-refractivity contribution in [1.29, 1.82) is 0 Å². The molecule has 29 nitrogen and oxygen atoms in total. The number of hydrogen-bond acceptors (Lipinski definition) is 24. The summed E-state index contributed by atoms with van der Waals surface area (Å²) in [5, 5.41) is 105. The van der Waals surface area contributed by atoms with Crippen LogP contribution in [0.4, 0.5) is 24.0 Å². The van der Waals surface area contributed by atoms with E-state index in [1.54, 1.807) is 152 Å². The van der Waals surface area contributed by atoms with E-state index in [0.717, 1.165) is 0 Å². The van der Waals surface area contributed by atoms with Crippen LogP contribution in [0.1, 0.15) is 34.2 Å². The summed E-state index contributed by atoms with van der Waals surface area (Å²) in [5.74, 6) is 0. The van der Waals surface area contributed by atoms with Gasteiger partial charge in [-0.1, -0.05) is 152 Å². The average Bonchev–Trinajstić information content (AvgIpc) is 1.28. The van der Waals surface area contributed by atoms with Crippen LogP contribution in [-0.2, 0) is 85.1 Å². The number of rotatable bonds is 24. The minimum atomic E-state index is -2.08. The maximum Gasteiger partial charge on any atom is 0.407 e. The van der Waals surface area contributed by atoms with Crippen molar-refractivity contribution in [3.8, 4) is 0 Å². The first-order valence-corrected chi connectivity index (χ1v) is 29.6. The molecule has 3 saturated heterocycles. The Morgan fingerprint density at radius 2 is 0.696 bits per heavy atom. The van der Waals surface area contributed by atoms with Crippen LogP contribution in [0.3, 0.4) is 0 Å². The van der Waals surface area contributed by atoms with Gasteiger partial charge >= 0.3 is 30.5 Å². The van der Waals surface area contributed by atoms with Crippen molar-refractivity contribution >= 4 is 30.5 Å². The van der Waals surface area contributed by atoms with Crippen LogP contribution in [-0.4, -0.2) is 207 Å². The predicted octanol–water partition coefficient (Wildman–Crippen LogP) is 0.977. The summed E-state index contributed by atoms with van der Waals surface area (Å²) >= 11 is 0. The molecular weight excluding hydrogens is 1210 g/mol. The standard InChI is InChI=1S/C63H75N5O24/c69-28-43-49(73)51(75)46(68-63(81)86-34-39-24-14-5-15-25-39)57(88-43)90-53-41(66-61(79)84-32-37-20-10-3-11-21-37)26-40(65-60(78)83-31-36-18-8-2-9-19-36)47(71)55(53)92-58-52(76)54(44(29-70)89-58)91-56-45(67-62(80)85-33-38-22-12-4-13-23-38)50(74)48(72)42(87-56)27-64-59(77)82-30-35-16-6-1-7-17-35/h1-25,40-58,69-76H,26-34H2,(H,64,77)(H,65,78)(H,66,79)(H,67,80)(H,68,81). The highest BCUT2D eigenvalue weighted by Gasteiger charge is 2.57. The van der Waals surface area contributed by atoms with Gasteiger partial charge in [0.05, 0.1) is 25.3 Å². The Balaban J connectivity index is 1.01. The maximum absolute atomic E-state index is 14.0. The highest BCUT2D eigenvalue weighted by Crippen LogP contribution is 2.36.